The molecule has 1 aromatic heterocycles. The first-order valence-electron chi connectivity index (χ1n) is 25.2. The average molecular weight is 861 g/mol. The maximum atomic E-state index is 9.76. The molecule has 12 heteroatoms. The van der Waals surface area contributed by atoms with Crippen LogP contribution in [0.25, 0.3) is 0 Å². The molecule has 3 heterocycles. The molecule has 12 nitrogen and oxygen atoms in total. The highest BCUT2D eigenvalue weighted by atomic mass is 16.7. The van der Waals surface area contributed by atoms with Crippen molar-refractivity contribution >= 4 is 17.8 Å². The zero-order valence-corrected chi connectivity index (χ0v) is 41.3. The van der Waals surface area contributed by atoms with Crippen molar-refractivity contribution in [1.29, 1.82) is 0 Å². The van der Waals surface area contributed by atoms with Crippen LogP contribution < -0.4 is 15.5 Å². The number of piperidine rings is 2. The molecule has 61 heavy (non-hydrogen) atoms. The van der Waals surface area contributed by atoms with Crippen molar-refractivity contribution in [2.45, 2.75) is 233 Å². The largest absolute Gasteiger partial charge is 0.395 e. The van der Waals surface area contributed by atoms with Gasteiger partial charge in [-0.2, -0.15) is 25.1 Å². The van der Waals surface area contributed by atoms with Crippen molar-refractivity contribution in [2.24, 2.45) is 11.8 Å². The number of hydrogen-bond donors (Lipinski definition) is 4. The van der Waals surface area contributed by atoms with Crippen LogP contribution >= 0.6 is 0 Å². The lowest BCUT2D eigenvalue weighted by Gasteiger charge is -2.54. The zero-order chi connectivity index (χ0) is 44.8. The van der Waals surface area contributed by atoms with E-state index in [0.29, 0.717) is 42.8 Å². The molecule has 2 saturated heterocycles. The second-order valence-electron chi connectivity index (χ2n) is 21.2. The van der Waals surface area contributed by atoms with Crippen LogP contribution in [-0.2, 0) is 9.68 Å². The molecule has 0 radical (unpaired) electrons. The Hall–Kier alpha value is -1.83. The van der Waals surface area contributed by atoms with Crippen LogP contribution in [0.2, 0.25) is 0 Å². The lowest BCUT2D eigenvalue weighted by Crippen LogP contribution is -2.60. The third-order valence-corrected chi connectivity index (χ3v) is 13.1. The smallest absolute Gasteiger partial charge is 0.232 e. The predicted molar refractivity (Wildman–Crippen MR) is 255 cm³/mol. The lowest BCUT2D eigenvalue weighted by molar-refractivity contribution is -0.288. The van der Waals surface area contributed by atoms with Crippen molar-refractivity contribution in [1.82, 2.24) is 25.1 Å². The van der Waals surface area contributed by atoms with Gasteiger partial charge in [-0.25, -0.2) is 0 Å². The molecular formula is C49H96N8O4. The SMILES string of the molecule is CCCCCCCCON1C(C)(C)CC(CCCCNc2nc(NCCCCC3CC(C)(C)N(OCCCCCCCC)C(C)(C)C3)nc(N(CCO)CCO)n2)CC1(C)C. The van der Waals surface area contributed by atoms with E-state index < -0.39 is 0 Å². The van der Waals surface area contributed by atoms with Crippen LogP contribution in [-0.4, -0.2) is 110 Å². The fourth-order valence-corrected chi connectivity index (χ4v) is 10.9. The molecule has 0 bridgehead atoms. The molecule has 356 valence electrons. The third-order valence-electron chi connectivity index (χ3n) is 13.1. The maximum Gasteiger partial charge on any atom is 0.232 e. The zero-order valence-electron chi connectivity index (χ0n) is 41.3. The van der Waals surface area contributed by atoms with Gasteiger partial charge < -0.3 is 25.7 Å². The van der Waals surface area contributed by atoms with Crippen LogP contribution in [0.1, 0.15) is 210 Å². The first-order chi connectivity index (χ1) is 29.1. The summed E-state index contributed by atoms with van der Waals surface area (Å²) in [5.41, 5.74) is 0.000393. The Balaban J connectivity index is 1.46. The number of hydrogen-bond acceptors (Lipinski definition) is 12. The molecule has 0 spiro atoms. The van der Waals surface area contributed by atoms with Crippen LogP contribution in [0.4, 0.5) is 17.8 Å². The van der Waals surface area contributed by atoms with E-state index in [1.807, 2.05) is 4.90 Å². The minimum atomic E-state index is -0.0488. The summed E-state index contributed by atoms with van der Waals surface area (Å²) in [6.07, 6.45) is 26.6. The molecule has 0 amide bonds. The second kappa shape index (κ2) is 27.5. The fourth-order valence-electron chi connectivity index (χ4n) is 10.9. The predicted octanol–water partition coefficient (Wildman–Crippen LogP) is 10.9. The van der Waals surface area contributed by atoms with E-state index in [9.17, 15) is 10.2 Å². The van der Waals surface area contributed by atoms with Crippen LogP contribution in [0.5, 0.6) is 0 Å². The van der Waals surface area contributed by atoms with Gasteiger partial charge >= 0.3 is 0 Å². The quantitative estimate of drug-likeness (QED) is 0.0502. The highest BCUT2D eigenvalue weighted by Gasteiger charge is 2.47. The van der Waals surface area contributed by atoms with E-state index >= 15 is 0 Å². The van der Waals surface area contributed by atoms with E-state index in [-0.39, 0.29) is 35.4 Å². The highest BCUT2D eigenvalue weighted by molar-refractivity contribution is 5.44. The second-order valence-corrected chi connectivity index (χ2v) is 21.2. The summed E-state index contributed by atoms with van der Waals surface area (Å²) >= 11 is 0. The fraction of sp³-hybridized carbons (Fsp3) is 0.939. The molecule has 2 aliphatic heterocycles. The number of anilines is 3. The molecular weight excluding hydrogens is 765 g/mol. The van der Waals surface area contributed by atoms with Gasteiger partial charge in [-0.3, -0.25) is 9.68 Å². The van der Waals surface area contributed by atoms with E-state index in [1.165, 1.54) is 77.0 Å². The minimum Gasteiger partial charge on any atom is -0.395 e. The Bertz CT molecular complexity index is 1180. The van der Waals surface area contributed by atoms with Crippen LogP contribution in [0, 0.1) is 11.8 Å². The number of hydroxylamine groups is 4. The molecule has 4 N–H and O–H groups in total. The molecule has 0 aromatic carbocycles. The Morgan fingerprint density at radius 3 is 1.25 bits per heavy atom. The van der Waals surface area contributed by atoms with Crippen molar-refractivity contribution in [3.05, 3.63) is 0 Å². The van der Waals surface area contributed by atoms with E-state index in [0.717, 1.165) is 90.5 Å². The van der Waals surface area contributed by atoms with E-state index in [4.69, 9.17) is 24.6 Å². The summed E-state index contributed by atoms with van der Waals surface area (Å²) in [5.74, 6) is 2.84. The minimum absolute atomic E-state index is 0.0000983. The summed E-state index contributed by atoms with van der Waals surface area (Å²) in [7, 11) is 0. The number of unbranched alkanes of at least 4 members (excludes halogenated alkanes) is 12. The van der Waals surface area contributed by atoms with Gasteiger partial charge in [0.25, 0.3) is 0 Å². The first-order valence-corrected chi connectivity index (χ1v) is 25.2. The normalized spacial score (nSPS) is 19.3. The Labute approximate surface area is 374 Å². The van der Waals surface area contributed by atoms with Crippen molar-refractivity contribution in [2.75, 3.05) is 68.1 Å². The topological polar surface area (TPSA) is 131 Å². The molecule has 1 aromatic rings. The monoisotopic (exact) mass is 861 g/mol. The number of nitrogens with zero attached hydrogens (tertiary/aromatic N) is 6. The number of aromatic nitrogens is 3. The van der Waals surface area contributed by atoms with E-state index in [1.54, 1.807) is 0 Å². The lowest BCUT2D eigenvalue weighted by atomic mass is 9.73. The first kappa shape index (κ1) is 53.5. The molecule has 0 saturated carbocycles. The summed E-state index contributed by atoms with van der Waals surface area (Å²) in [6, 6.07) is 0. The summed E-state index contributed by atoms with van der Waals surface area (Å²) in [6.45, 7) is 27.1. The number of nitrogens with one attached hydrogen (secondary N) is 2. The van der Waals surface area contributed by atoms with Gasteiger partial charge in [0.2, 0.25) is 17.8 Å². The molecule has 0 atom stereocenters. The molecule has 0 unspecified atom stereocenters. The molecule has 2 aliphatic rings. The summed E-state index contributed by atoms with van der Waals surface area (Å²) < 4.78 is 0. The van der Waals surface area contributed by atoms with E-state index in [2.05, 4.69) is 90.0 Å². The van der Waals surface area contributed by atoms with Crippen LogP contribution in [0.15, 0.2) is 0 Å². The summed E-state index contributed by atoms with van der Waals surface area (Å²) in [4.78, 5) is 29.0. The standard InChI is InChI=1S/C49H96N8O4/c1-11-13-15-17-19-25-35-60-56-46(3,4)37-41(38-47(56,5)6)27-21-23-29-50-43-52-44(54-45(53-43)55(31-33-58)32-34-59)51-30-24-22-28-42-39-48(7,8)57(49(9,10)40-42)61-36-26-20-18-16-14-12-2/h41-42,58-59H,11-40H2,1-10H3,(H2,50,51,52,53,54). The van der Waals surface area contributed by atoms with Gasteiger partial charge in [-0.05, 0) is 119 Å². The molecule has 2 fully saturated rings. The average Bonchev–Trinajstić information content (AvgIpc) is 3.17. The number of aliphatic hydroxyl groups is 2. The Morgan fingerprint density at radius 1 is 0.525 bits per heavy atom. The highest BCUT2D eigenvalue weighted by Crippen LogP contribution is 2.44. The Kier molecular flexibility index (Phi) is 24.1. The van der Waals surface area contributed by atoms with Gasteiger partial charge in [-0.15, -0.1) is 0 Å². The van der Waals surface area contributed by atoms with Gasteiger partial charge in [-0.1, -0.05) is 104 Å². The third kappa shape index (κ3) is 19.0. The number of rotatable bonds is 33. The van der Waals surface area contributed by atoms with Gasteiger partial charge in [0.15, 0.2) is 0 Å². The number of aliphatic hydroxyl groups excluding tert-OH is 2. The van der Waals surface area contributed by atoms with Crippen molar-refractivity contribution < 1.29 is 19.9 Å². The molecule has 3 rings (SSSR count). The van der Waals surface area contributed by atoms with Gasteiger partial charge in [0.1, 0.15) is 0 Å². The van der Waals surface area contributed by atoms with Gasteiger partial charge in [0, 0.05) is 48.3 Å². The van der Waals surface area contributed by atoms with Crippen molar-refractivity contribution in [3.8, 4) is 0 Å². The van der Waals surface area contributed by atoms with Gasteiger partial charge in [0.05, 0.1) is 26.4 Å². The van der Waals surface area contributed by atoms with Crippen LogP contribution in [0.3, 0.4) is 0 Å². The Morgan fingerprint density at radius 2 is 0.885 bits per heavy atom. The molecule has 0 aliphatic carbocycles. The maximum absolute atomic E-state index is 9.76. The van der Waals surface area contributed by atoms with Crippen molar-refractivity contribution in [3.63, 3.8) is 0 Å². The summed E-state index contributed by atoms with van der Waals surface area (Å²) in [5, 5.41) is 31.1.